The second-order valence-corrected chi connectivity index (χ2v) is 3.92. The fourth-order valence-corrected chi connectivity index (χ4v) is 1.49. The highest BCUT2D eigenvalue weighted by atomic mass is 19.1. The lowest BCUT2D eigenvalue weighted by Gasteiger charge is -2.06. The molecule has 0 bridgehead atoms. The summed E-state index contributed by atoms with van der Waals surface area (Å²) in [5.41, 5.74) is 7.26. The third-order valence-corrected chi connectivity index (χ3v) is 2.35. The first kappa shape index (κ1) is 12.0. The maximum atomic E-state index is 13.1. The summed E-state index contributed by atoms with van der Waals surface area (Å²) in [4.78, 5) is 15.9. The lowest BCUT2D eigenvalue weighted by molar-refractivity contribution is 0.102. The number of anilines is 2. The number of rotatable bonds is 2. The van der Waals surface area contributed by atoms with Crippen LogP contribution in [-0.2, 0) is 0 Å². The summed E-state index contributed by atoms with van der Waals surface area (Å²) in [5, 5.41) is 2.62. The molecule has 92 valence electrons. The number of nitrogen functional groups attached to an aromatic ring is 1. The standard InChI is InChI=1S/C13H12FN3O/c1-8-2-3-12(7-16-8)17-13(18)9-4-10(14)6-11(15)5-9/h2-7H,15H2,1H3,(H,17,18). The monoisotopic (exact) mass is 245 g/mol. The predicted molar refractivity (Wildman–Crippen MR) is 67.7 cm³/mol. The van der Waals surface area contributed by atoms with Gasteiger partial charge in [-0.1, -0.05) is 0 Å². The Morgan fingerprint density at radius 1 is 1.33 bits per heavy atom. The fraction of sp³-hybridized carbons (Fsp3) is 0.0769. The number of carbonyl (C=O) groups excluding carboxylic acids is 1. The molecule has 0 atom stereocenters. The van der Waals surface area contributed by atoms with E-state index in [-0.39, 0.29) is 11.3 Å². The van der Waals surface area contributed by atoms with Crippen molar-refractivity contribution in [3.8, 4) is 0 Å². The number of aryl methyl sites for hydroxylation is 1. The smallest absolute Gasteiger partial charge is 0.255 e. The van der Waals surface area contributed by atoms with Crippen molar-refractivity contribution >= 4 is 17.3 Å². The predicted octanol–water partition coefficient (Wildman–Crippen LogP) is 2.36. The van der Waals surface area contributed by atoms with Crippen LogP contribution in [0.3, 0.4) is 0 Å². The molecule has 1 aromatic heterocycles. The minimum Gasteiger partial charge on any atom is -0.399 e. The maximum absolute atomic E-state index is 13.1. The van der Waals surface area contributed by atoms with E-state index >= 15 is 0 Å². The van der Waals surface area contributed by atoms with Crippen LogP contribution in [0.4, 0.5) is 15.8 Å². The molecule has 0 aliphatic carbocycles. The highest BCUT2D eigenvalue weighted by Gasteiger charge is 2.08. The lowest BCUT2D eigenvalue weighted by Crippen LogP contribution is -2.12. The van der Waals surface area contributed by atoms with Gasteiger partial charge in [-0.2, -0.15) is 0 Å². The Labute approximate surface area is 104 Å². The summed E-state index contributed by atoms with van der Waals surface area (Å²) in [6.45, 7) is 1.85. The van der Waals surface area contributed by atoms with Crippen LogP contribution in [0.5, 0.6) is 0 Å². The van der Waals surface area contributed by atoms with E-state index in [1.165, 1.54) is 12.3 Å². The Kier molecular flexibility index (Phi) is 3.23. The highest BCUT2D eigenvalue weighted by molar-refractivity contribution is 6.04. The van der Waals surface area contributed by atoms with Gasteiger partial charge in [-0.15, -0.1) is 0 Å². The van der Waals surface area contributed by atoms with Crippen molar-refractivity contribution in [2.24, 2.45) is 0 Å². The van der Waals surface area contributed by atoms with Crippen LogP contribution in [0.15, 0.2) is 36.5 Å². The maximum Gasteiger partial charge on any atom is 0.255 e. The van der Waals surface area contributed by atoms with Crippen molar-refractivity contribution < 1.29 is 9.18 Å². The molecule has 0 radical (unpaired) electrons. The minimum atomic E-state index is -0.540. The molecule has 0 saturated heterocycles. The molecular formula is C13H12FN3O. The zero-order chi connectivity index (χ0) is 13.1. The van der Waals surface area contributed by atoms with Gasteiger partial charge in [0.15, 0.2) is 0 Å². The van der Waals surface area contributed by atoms with Crippen LogP contribution in [0.25, 0.3) is 0 Å². The summed E-state index contributed by atoms with van der Waals surface area (Å²) in [5.74, 6) is -0.964. The molecule has 3 N–H and O–H groups in total. The first-order chi connectivity index (χ1) is 8.54. The van der Waals surface area contributed by atoms with Crippen LogP contribution in [-0.4, -0.2) is 10.9 Å². The number of pyridine rings is 1. The third-order valence-electron chi connectivity index (χ3n) is 2.35. The number of hydrogen-bond donors (Lipinski definition) is 2. The summed E-state index contributed by atoms with van der Waals surface area (Å²) in [6.07, 6.45) is 1.54. The van der Waals surface area contributed by atoms with Crippen molar-refractivity contribution in [2.75, 3.05) is 11.1 Å². The summed E-state index contributed by atoms with van der Waals surface area (Å²) in [6, 6.07) is 7.20. The van der Waals surface area contributed by atoms with E-state index in [9.17, 15) is 9.18 Å². The van der Waals surface area contributed by atoms with Crippen LogP contribution < -0.4 is 11.1 Å². The molecule has 0 saturated carbocycles. The third kappa shape index (κ3) is 2.82. The molecule has 2 rings (SSSR count). The number of carbonyl (C=O) groups is 1. The molecule has 0 aliphatic rings. The van der Waals surface area contributed by atoms with Crippen LogP contribution in [0.2, 0.25) is 0 Å². The minimum absolute atomic E-state index is 0.174. The molecule has 18 heavy (non-hydrogen) atoms. The van der Waals surface area contributed by atoms with Crippen molar-refractivity contribution in [1.29, 1.82) is 0 Å². The Morgan fingerprint density at radius 3 is 2.72 bits per heavy atom. The number of amides is 1. The van der Waals surface area contributed by atoms with Gasteiger partial charge in [0, 0.05) is 16.9 Å². The van der Waals surface area contributed by atoms with E-state index < -0.39 is 11.7 Å². The molecule has 0 unspecified atom stereocenters. The van der Waals surface area contributed by atoms with Gasteiger partial charge >= 0.3 is 0 Å². The molecule has 0 aliphatic heterocycles. The van der Waals surface area contributed by atoms with Gasteiger partial charge in [0.25, 0.3) is 5.91 Å². The van der Waals surface area contributed by atoms with E-state index in [2.05, 4.69) is 10.3 Å². The number of aromatic nitrogens is 1. The molecule has 2 aromatic rings. The zero-order valence-electron chi connectivity index (χ0n) is 9.77. The number of nitrogens with two attached hydrogens (primary N) is 1. The van der Waals surface area contributed by atoms with Gasteiger partial charge in [0.2, 0.25) is 0 Å². The number of hydrogen-bond acceptors (Lipinski definition) is 3. The summed E-state index contributed by atoms with van der Waals surface area (Å²) in [7, 11) is 0. The molecular weight excluding hydrogens is 233 g/mol. The van der Waals surface area contributed by atoms with Crippen molar-refractivity contribution in [2.45, 2.75) is 6.92 Å². The Balaban J connectivity index is 2.19. The quantitative estimate of drug-likeness (QED) is 0.798. The average molecular weight is 245 g/mol. The van der Waals surface area contributed by atoms with Crippen LogP contribution >= 0.6 is 0 Å². The first-order valence-corrected chi connectivity index (χ1v) is 5.34. The van der Waals surface area contributed by atoms with Crippen molar-refractivity contribution in [3.63, 3.8) is 0 Å². The second-order valence-electron chi connectivity index (χ2n) is 3.92. The van der Waals surface area contributed by atoms with E-state index in [1.54, 1.807) is 12.1 Å². The molecule has 0 spiro atoms. The topological polar surface area (TPSA) is 68.0 Å². The van der Waals surface area contributed by atoms with Gasteiger partial charge in [0.05, 0.1) is 11.9 Å². The normalized spacial score (nSPS) is 10.1. The van der Waals surface area contributed by atoms with Gasteiger partial charge in [-0.3, -0.25) is 9.78 Å². The van der Waals surface area contributed by atoms with E-state index in [0.717, 1.165) is 17.8 Å². The van der Waals surface area contributed by atoms with Gasteiger partial charge in [-0.05, 0) is 37.3 Å². The molecule has 5 heteroatoms. The Hall–Kier alpha value is -2.43. The number of benzene rings is 1. The molecule has 0 fully saturated rings. The molecule has 4 nitrogen and oxygen atoms in total. The van der Waals surface area contributed by atoms with Gasteiger partial charge in [0.1, 0.15) is 5.82 Å². The molecule has 1 heterocycles. The van der Waals surface area contributed by atoms with Crippen molar-refractivity contribution in [3.05, 3.63) is 53.6 Å². The van der Waals surface area contributed by atoms with Crippen LogP contribution in [0, 0.1) is 12.7 Å². The zero-order valence-corrected chi connectivity index (χ0v) is 9.77. The van der Waals surface area contributed by atoms with Crippen LogP contribution in [0.1, 0.15) is 16.1 Å². The summed E-state index contributed by atoms with van der Waals surface area (Å²) >= 11 is 0. The SMILES string of the molecule is Cc1ccc(NC(=O)c2cc(N)cc(F)c2)cn1. The van der Waals surface area contributed by atoms with E-state index in [4.69, 9.17) is 5.73 Å². The number of nitrogens with one attached hydrogen (secondary N) is 1. The second kappa shape index (κ2) is 4.83. The van der Waals surface area contributed by atoms with E-state index in [0.29, 0.717) is 5.69 Å². The first-order valence-electron chi connectivity index (χ1n) is 5.34. The largest absolute Gasteiger partial charge is 0.399 e. The van der Waals surface area contributed by atoms with E-state index in [1.807, 2.05) is 6.92 Å². The van der Waals surface area contributed by atoms with Gasteiger partial charge in [-0.25, -0.2) is 4.39 Å². The average Bonchev–Trinajstić information content (AvgIpc) is 2.31. The molecule has 1 aromatic carbocycles. The highest BCUT2D eigenvalue weighted by Crippen LogP contribution is 2.13. The molecule has 1 amide bonds. The number of halogens is 1. The van der Waals surface area contributed by atoms with Gasteiger partial charge < -0.3 is 11.1 Å². The summed E-state index contributed by atoms with van der Waals surface area (Å²) < 4.78 is 13.1. The fourth-order valence-electron chi connectivity index (χ4n) is 1.49. The van der Waals surface area contributed by atoms with Crippen molar-refractivity contribution in [1.82, 2.24) is 4.98 Å². The Bertz CT molecular complexity index is 561. The Morgan fingerprint density at radius 2 is 2.11 bits per heavy atom. The lowest BCUT2D eigenvalue weighted by atomic mass is 10.2. The number of nitrogens with zero attached hydrogens (tertiary/aromatic N) is 1.